The molecule has 0 aliphatic heterocycles. The van der Waals surface area contributed by atoms with Gasteiger partial charge >= 0.3 is 5.97 Å². The molecule has 0 aromatic heterocycles. The van der Waals surface area contributed by atoms with E-state index in [2.05, 4.69) is 11.9 Å². The van der Waals surface area contributed by atoms with Crippen molar-refractivity contribution in [3.8, 4) is 11.1 Å². The van der Waals surface area contributed by atoms with Gasteiger partial charge in [-0.1, -0.05) is 54.1 Å². The van der Waals surface area contributed by atoms with E-state index in [0.29, 0.717) is 6.42 Å². The van der Waals surface area contributed by atoms with Crippen LogP contribution in [0.3, 0.4) is 0 Å². The number of hydrogen-bond acceptors (Lipinski definition) is 3. The van der Waals surface area contributed by atoms with E-state index in [1.165, 1.54) is 7.11 Å². The van der Waals surface area contributed by atoms with Crippen molar-refractivity contribution in [3.05, 3.63) is 71.8 Å². The number of rotatable bonds is 5. The number of fused-ring (bicyclic) bond motifs is 3. The van der Waals surface area contributed by atoms with E-state index in [1.54, 1.807) is 0 Å². The van der Waals surface area contributed by atoms with Crippen molar-refractivity contribution in [1.29, 1.82) is 0 Å². The zero-order valence-corrected chi connectivity index (χ0v) is 14.4. The Balaban J connectivity index is 1.94. The number of ether oxygens (including phenoxy) is 1. The lowest BCUT2D eigenvalue weighted by Crippen LogP contribution is -2.43. The molecule has 1 N–H and O–H groups in total. The van der Waals surface area contributed by atoms with E-state index < -0.39 is 17.9 Å². The van der Waals surface area contributed by atoms with Crippen LogP contribution >= 0.6 is 0 Å². The van der Waals surface area contributed by atoms with Gasteiger partial charge in [-0.2, -0.15) is 0 Å². The molecule has 0 unspecified atom stereocenters. The van der Waals surface area contributed by atoms with Crippen molar-refractivity contribution in [2.75, 3.05) is 7.11 Å². The van der Waals surface area contributed by atoms with Gasteiger partial charge in [0.1, 0.15) is 6.04 Å². The lowest BCUT2D eigenvalue weighted by Gasteiger charge is -2.20. The minimum absolute atomic E-state index is 0.200. The third kappa shape index (κ3) is 3.20. The van der Waals surface area contributed by atoms with Crippen LogP contribution in [0.25, 0.3) is 11.1 Å². The highest BCUT2D eigenvalue weighted by atomic mass is 16.5. The number of amides is 1. The monoisotopic (exact) mass is 335 g/mol. The van der Waals surface area contributed by atoms with Crippen LogP contribution in [0.1, 0.15) is 30.4 Å². The summed E-state index contributed by atoms with van der Waals surface area (Å²) in [5.41, 5.74) is 4.85. The molecule has 1 aliphatic carbocycles. The van der Waals surface area contributed by atoms with Gasteiger partial charge in [0.05, 0.1) is 13.0 Å². The fourth-order valence-corrected chi connectivity index (χ4v) is 3.38. The fourth-order valence-electron chi connectivity index (χ4n) is 3.38. The maximum Gasteiger partial charge on any atom is 0.328 e. The Bertz CT molecular complexity index is 795. The van der Waals surface area contributed by atoms with Crippen molar-refractivity contribution in [3.63, 3.8) is 0 Å². The fraction of sp³-hybridized carbons (Fsp3) is 0.238. The van der Waals surface area contributed by atoms with Gasteiger partial charge in [-0.25, -0.2) is 4.79 Å². The standard InChI is InChI=1S/C21H21NO3/c1-13(2)12-18(21(24)25-3)22-20(23)19-16-10-6-4-8-14(16)15-9-5-7-11-17(15)19/h4-11,18-19H,1,12H2,2-3H3,(H,22,23)/t18-/m0/s1. The summed E-state index contributed by atoms with van der Waals surface area (Å²) >= 11 is 0. The molecule has 0 fully saturated rings. The molecule has 2 aromatic carbocycles. The summed E-state index contributed by atoms with van der Waals surface area (Å²) in [7, 11) is 1.32. The van der Waals surface area contributed by atoms with Crippen molar-refractivity contribution in [2.45, 2.75) is 25.3 Å². The van der Waals surface area contributed by atoms with Gasteiger partial charge in [0.25, 0.3) is 0 Å². The summed E-state index contributed by atoms with van der Waals surface area (Å²) in [6.07, 6.45) is 0.356. The quantitative estimate of drug-likeness (QED) is 0.673. The topological polar surface area (TPSA) is 55.4 Å². The lowest BCUT2D eigenvalue weighted by atomic mass is 9.95. The molecule has 1 aliphatic rings. The molecule has 0 spiro atoms. The number of benzene rings is 2. The van der Waals surface area contributed by atoms with E-state index in [0.717, 1.165) is 27.8 Å². The molecule has 0 radical (unpaired) electrons. The molecule has 3 rings (SSSR count). The highest BCUT2D eigenvalue weighted by Gasteiger charge is 2.35. The first-order chi connectivity index (χ1) is 12.0. The molecule has 1 amide bonds. The molecule has 0 bridgehead atoms. The van der Waals surface area contributed by atoms with Crippen LogP contribution in [0, 0.1) is 0 Å². The highest BCUT2D eigenvalue weighted by molar-refractivity contribution is 5.97. The third-order valence-electron chi connectivity index (χ3n) is 4.45. The highest BCUT2D eigenvalue weighted by Crippen LogP contribution is 2.44. The van der Waals surface area contributed by atoms with Crippen LogP contribution < -0.4 is 5.32 Å². The number of esters is 1. The molecule has 128 valence electrons. The second kappa shape index (κ2) is 6.93. The Kier molecular flexibility index (Phi) is 4.70. The zero-order valence-electron chi connectivity index (χ0n) is 14.4. The molecule has 25 heavy (non-hydrogen) atoms. The number of hydrogen-bond donors (Lipinski definition) is 1. The van der Waals surface area contributed by atoms with Crippen molar-refractivity contribution >= 4 is 11.9 Å². The third-order valence-corrected chi connectivity index (χ3v) is 4.45. The first-order valence-electron chi connectivity index (χ1n) is 8.23. The van der Waals surface area contributed by atoms with Gasteiger partial charge in [0, 0.05) is 0 Å². The molecule has 0 saturated heterocycles. The first kappa shape index (κ1) is 17.0. The average Bonchev–Trinajstić information content (AvgIpc) is 2.94. The number of carbonyl (C=O) groups excluding carboxylic acids is 2. The van der Waals surface area contributed by atoms with E-state index in [-0.39, 0.29) is 5.91 Å². The molecule has 0 saturated carbocycles. The normalized spacial score (nSPS) is 13.5. The number of methoxy groups -OCH3 is 1. The second-order valence-electron chi connectivity index (χ2n) is 6.35. The molecule has 4 heteroatoms. The summed E-state index contributed by atoms with van der Waals surface area (Å²) in [5.74, 6) is -1.09. The Morgan fingerprint density at radius 2 is 1.60 bits per heavy atom. The second-order valence-corrected chi connectivity index (χ2v) is 6.35. The van der Waals surface area contributed by atoms with Crippen LogP contribution in [0.5, 0.6) is 0 Å². The average molecular weight is 335 g/mol. The van der Waals surface area contributed by atoms with Gasteiger partial charge in [-0.3, -0.25) is 4.79 Å². The number of nitrogens with one attached hydrogen (secondary N) is 1. The number of carbonyl (C=O) groups is 2. The van der Waals surface area contributed by atoms with Crippen molar-refractivity contribution in [1.82, 2.24) is 5.32 Å². The van der Waals surface area contributed by atoms with E-state index in [9.17, 15) is 9.59 Å². The van der Waals surface area contributed by atoms with Crippen molar-refractivity contribution in [2.24, 2.45) is 0 Å². The molecular formula is C21H21NO3. The Morgan fingerprint density at radius 1 is 1.08 bits per heavy atom. The largest absolute Gasteiger partial charge is 0.467 e. The zero-order chi connectivity index (χ0) is 18.0. The van der Waals surface area contributed by atoms with Crippen LogP contribution in [0.4, 0.5) is 0 Å². The van der Waals surface area contributed by atoms with Gasteiger partial charge in [-0.15, -0.1) is 6.58 Å². The molecule has 2 aromatic rings. The minimum Gasteiger partial charge on any atom is -0.467 e. The van der Waals surface area contributed by atoms with Crippen LogP contribution in [-0.4, -0.2) is 25.0 Å². The van der Waals surface area contributed by atoms with Gasteiger partial charge in [0.15, 0.2) is 0 Å². The predicted octanol–water partition coefficient (Wildman–Crippen LogP) is 3.42. The van der Waals surface area contributed by atoms with Gasteiger partial charge in [-0.05, 0) is 35.6 Å². The minimum atomic E-state index is -0.727. The first-order valence-corrected chi connectivity index (χ1v) is 8.23. The molecular weight excluding hydrogens is 314 g/mol. The molecule has 4 nitrogen and oxygen atoms in total. The van der Waals surface area contributed by atoms with E-state index in [4.69, 9.17) is 4.74 Å². The van der Waals surface area contributed by atoms with Gasteiger partial charge in [0.2, 0.25) is 5.91 Å². The Labute approximate surface area is 147 Å². The van der Waals surface area contributed by atoms with Crippen LogP contribution in [0.15, 0.2) is 60.7 Å². The SMILES string of the molecule is C=C(C)C[C@H](NC(=O)C1c2ccccc2-c2ccccc21)C(=O)OC. The lowest BCUT2D eigenvalue weighted by molar-refractivity contribution is -0.145. The van der Waals surface area contributed by atoms with Crippen molar-refractivity contribution < 1.29 is 14.3 Å². The Hall–Kier alpha value is -2.88. The van der Waals surface area contributed by atoms with Crippen LogP contribution in [0.2, 0.25) is 0 Å². The maximum atomic E-state index is 13.0. The molecule has 0 heterocycles. The summed E-state index contributed by atoms with van der Waals surface area (Å²) < 4.78 is 4.82. The van der Waals surface area contributed by atoms with Crippen LogP contribution in [-0.2, 0) is 14.3 Å². The summed E-state index contributed by atoms with van der Waals surface area (Å²) in [6, 6.07) is 15.0. The van der Waals surface area contributed by atoms with Gasteiger partial charge < -0.3 is 10.1 Å². The van der Waals surface area contributed by atoms with E-state index in [1.807, 2.05) is 55.5 Å². The predicted molar refractivity (Wildman–Crippen MR) is 97.1 cm³/mol. The summed E-state index contributed by atoms with van der Waals surface area (Å²) in [4.78, 5) is 25.0. The Morgan fingerprint density at radius 3 is 2.08 bits per heavy atom. The summed E-state index contributed by atoms with van der Waals surface area (Å²) in [6.45, 7) is 5.65. The summed E-state index contributed by atoms with van der Waals surface area (Å²) in [5, 5.41) is 2.85. The molecule has 1 atom stereocenters. The maximum absolute atomic E-state index is 13.0. The van der Waals surface area contributed by atoms with E-state index >= 15 is 0 Å². The smallest absolute Gasteiger partial charge is 0.328 e.